The SMILES string of the molecule is Cc1cc(C)n(CCC(=O)OCC(=O)c2ccc3c(c2)CCO3)n1. The van der Waals surface area contributed by atoms with Crippen LogP contribution in [0, 0.1) is 13.8 Å². The quantitative estimate of drug-likeness (QED) is 0.601. The van der Waals surface area contributed by atoms with Gasteiger partial charge in [-0.3, -0.25) is 14.3 Å². The zero-order valence-corrected chi connectivity index (χ0v) is 13.9. The van der Waals surface area contributed by atoms with Crippen molar-refractivity contribution in [1.82, 2.24) is 9.78 Å². The van der Waals surface area contributed by atoms with Gasteiger partial charge >= 0.3 is 5.97 Å². The number of hydrogen-bond donors (Lipinski definition) is 0. The first-order valence-electron chi connectivity index (χ1n) is 7.98. The summed E-state index contributed by atoms with van der Waals surface area (Å²) in [7, 11) is 0. The molecule has 0 amide bonds. The van der Waals surface area contributed by atoms with Crippen LogP contribution < -0.4 is 4.74 Å². The van der Waals surface area contributed by atoms with Crippen LogP contribution in [-0.4, -0.2) is 34.7 Å². The summed E-state index contributed by atoms with van der Waals surface area (Å²) in [6.45, 7) is 4.70. The molecule has 2 aromatic rings. The van der Waals surface area contributed by atoms with Crippen molar-refractivity contribution in [3.05, 3.63) is 46.8 Å². The number of carbonyl (C=O) groups is 2. The molecule has 0 saturated heterocycles. The van der Waals surface area contributed by atoms with Crippen molar-refractivity contribution in [3.63, 3.8) is 0 Å². The van der Waals surface area contributed by atoms with Gasteiger partial charge in [0, 0.05) is 17.7 Å². The smallest absolute Gasteiger partial charge is 0.308 e. The molecule has 0 unspecified atom stereocenters. The van der Waals surface area contributed by atoms with Crippen LogP contribution in [0.3, 0.4) is 0 Å². The minimum absolute atomic E-state index is 0.188. The zero-order chi connectivity index (χ0) is 17.1. The van der Waals surface area contributed by atoms with Crippen molar-refractivity contribution in [2.24, 2.45) is 0 Å². The highest BCUT2D eigenvalue weighted by Gasteiger charge is 2.16. The molecule has 0 fully saturated rings. The fourth-order valence-corrected chi connectivity index (χ4v) is 2.76. The van der Waals surface area contributed by atoms with E-state index in [1.807, 2.05) is 26.0 Å². The van der Waals surface area contributed by atoms with E-state index in [0.29, 0.717) is 18.7 Å². The van der Waals surface area contributed by atoms with Crippen LogP contribution in [0.15, 0.2) is 24.3 Å². The maximum absolute atomic E-state index is 12.1. The first-order chi connectivity index (χ1) is 11.5. The molecule has 126 valence electrons. The number of fused-ring (bicyclic) bond motifs is 1. The Morgan fingerprint density at radius 1 is 1.29 bits per heavy atom. The Morgan fingerprint density at radius 2 is 2.12 bits per heavy atom. The number of esters is 1. The lowest BCUT2D eigenvalue weighted by Gasteiger charge is -2.07. The number of Topliss-reactive ketones (excluding diaryl/α,β-unsaturated/α-hetero) is 1. The lowest BCUT2D eigenvalue weighted by atomic mass is 10.1. The van der Waals surface area contributed by atoms with Crippen molar-refractivity contribution in [2.75, 3.05) is 13.2 Å². The van der Waals surface area contributed by atoms with Crippen molar-refractivity contribution in [1.29, 1.82) is 0 Å². The Labute approximate surface area is 140 Å². The molecule has 1 aromatic heterocycles. The molecule has 2 heterocycles. The largest absolute Gasteiger partial charge is 0.493 e. The number of rotatable bonds is 6. The average Bonchev–Trinajstić information content (AvgIpc) is 3.15. The van der Waals surface area contributed by atoms with Crippen LogP contribution in [0.25, 0.3) is 0 Å². The fourth-order valence-electron chi connectivity index (χ4n) is 2.76. The molecule has 0 radical (unpaired) electrons. The van der Waals surface area contributed by atoms with Crippen molar-refractivity contribution in [3.8, 4) is 5.75 Å². The molecule has 0 aliphatic carbocycles. The van der Waals surface area contributed by atoms with Gasteiger partial charge in [0.2, 0.25) is 0 Å². The number of aryl methyl sites for hydroxylation is 3. The van der Waals surface area contributed by atoms with Gasteiger partial charge in [0.1, 0.15) is 5.75 Å². The van der Waals surface area contributed by atoms with E-state index in [4.69, 9.17) is 9.47 Å². The van der Waals surface area contributed by atoms with Gasteiger partial charge < -0.3 is 9.47 Å². The number of aromatic nitrogens is 2. The van der Waals surface area contributed by atoms with Crippen LogP contribution in [0.1, 0.15) is 33.7 Å². The maximum atomic E-state index is 12.1. The van der Waals surface area contributed by atoms with Gasteiger partial charge in [-0.1, -0.05) is 0 Å². The van der Waals surface area contributed by atoms with E-state index in [2.05, 4.69) is 5.10 Å². The lowest BCUT2D eigenvalue weighted by Crippen LogP contribution is -2.16. The molecule has 6 heteroatoms. The third-order valence-corrected chi connectivity index (χ3v) is 4.01. The normalized spacial score (nSPS) is 12.6. The van der Waals surface area contributed by atoms with E-state index < -0.39 is 5.97 Å². The van der Waals surface area contributed by atoms with Crippen LogP contribution >= 0.6 is 0 Å². The number of benzene rings is 1. The Hall–Kier alpha value is -2.63. The highest BCUT2D eigenvalue weighted by atomic mass is 16.5. The predicted molar refractivity (Wildman–Crippen MR) is 87.2 cm³/mol. The monoisotopic (exact) mass is 328 g/mol. The summed E-state index contributed by atoms with van der Waals surface area (Å²) in [4.78, 5) is 24.0. The molecular weight excluding hydrogens is 308 g/mol. The lowest BCUT2D eigenvalue weighted by molar-refractivity contribution is -0.142. The molecule has 0 bridgehead atoms. The van der Waals surface area contributed by atoms with Gasteiger partial charge in [0.05, 0.1) is 25.3 Å². The standard InChI is InChI=1S/C18H20N2O4/c1-12-9-13(2)20(19-12)7-5-18(22)24-11-16(21)14-3-4-17-15(10-14)6-8-23-17/h3-4,9-10H,5-8,11H2,1-2H3. The number of ketones is 1. The minimum atomic E-state index is -0.402. The van der Waals surface area contributed by atoms with Crippen LogP contribution in [0.5, 0.6) is 5.75 Å². The summed E-state index contributed by atoms with van der Waals surface area (Å²) in [5.74, 6) is 0.220. The molecule has 1 aromatic carbocycles. The summed E-state index contributed by atoms with van der Waals surface area (Å²) in [5.41, 5.74) is 3.48. The first kappa shape index (κ1) is 16.2. The van der Waals surface area contributed by atoms with Gasteiger partial charge in [-0.2, -0.15) is 5.10 Å². The molecule has 0 spiro atoms. The van der Waals surface area contributed by atoms with E-state index in [9.17, 15) is 9.59 Å². The van der Waals surface area contributed by atoms with Crippen molar-refractivity contribution < 1.29 is 19.1 Å². The van der Waals surface area contributed by atoms with Crippen molar-refractivity contribution in [2.45, 2.75) is 33.2 Å². The molecule has 0 saturated carbocycles. The number of nitrogens with zero attached hydrogens (tertiary/aromatic N) is 2. The second-order valence-corrected chi connectivity index (χ2v) is 5.91. The molecule has 6 nitrogen and oxygen atoms in total. The summed E-state index contributed by atoms with van der Waals surface area (Å²) < 4.78 is 12.3. The van der Waals surface area contributed by atoms with Crippen LogP contribution in [-0.2, 0) is 22.5 Å². The molecule has 1 aliphatic rings. The minimum Gasteiger partial charge on any atom is -0.493 e. The second kappa shape index (κ2) is 6.86. The molecule has 3 rings (SSSR count). The van der Waals surface area contributed by atoms with E-state index in [-0.39, 0.29) is 18.8 Å². The number of carbonyl (C=O) groups excluding carboxylic acids is 2. The van der Waals surface area contributed by atoms with Gasteiger partial charge in [0.15, 0.2) is 12.4 Å². The van der Waals surface area contributed by atoms with Crippen LogP contribution in [0.2, 0.25) is 0 Å². The summed E-state index contributed by atoms with van der Waals surface area (Å²) in [5, 5.41) is 4.29. The maximum Gasteiger partial charge on any atom is 0.308 e. The summed E-state index contributed by atoms with van der Waals surface area (Å²) in [6, 6.07) is 7.26. The Bertz CT molecular complexity index is 779. The number of hydrogen-bond acceptors (Lipinski definition) is 5. The molecule has 0 N–H and O–H groups in total. The van der Waals surface area contributed by atoms with E-state index >= 15 is 0 Å². The molecule has 1 aliphatic heterocycles. The Kier molecular flexibility index (Phi) is 4.64. The van der Waals surface area contributed by atoms with Gasteiger partial charge in [-0.15, -0.1) is 0 Å². The zero-order valence-electron chi connectivity index (χ0n) is 13.9. The third-order valence-electron chi connectivity index (χ3n) is 4.01. The van der Waals surface area contributed by atoms with Gasteiger partial charge in [0.25, 0.3) is 0 Å². The average molecular weight is 328 g/mol. The van der Waals surface area contributed by atoms with Gasteiger partial charge in [-0.05, 0) is 43.7 Å². The van der Waals surface area contributed by atoms with E-state index in [1.54, 1.807) is 16.8 Å². The fraction of sp³-hybridized carbons (Fsp3) is 0.389. The van der Waals surface area contributed by atoms with Crippen molar-refractivity contribution >= 4 is 11.8 Å². The topological polar surface area (TPSA) is 70.4 Å². The van der Waals surface area contributed by atoms with Gasteiger partial charge in [-0.25, -0.2) is 0 Å². The Balaban J connectivity index is 1.49. The predicted octanol–water partition coefficient (Wildman–Crippen LogP) is 2.25. The van der Waals surface area contributed by atoms with Crippen LogP contribution in [0.4, 0.5) is 0 Å². The number of ether oxygens (including phenoxy) is 2. The molecular formula is C18H20N2O4. The highest BCUT2D eigenvalue weighted by molar-refractivity contribution is 5.98. The summed E-state index contributed by atoms with van der Waals surface area (Å²) >= 11 is 0. The second-order valence-electron chi connectivity index (χ2n) is 5.91. The van der Waals surface area contributed by atoms with E-state index in [1.165, 1.54) is 0 Å². The first-order valence-corrected chi connectivity index (χ1v) is 7.98. The summed E-state index contributed by atoms with van der Waals surface area (Å²) in [6.07, 6.45) is 0.992. The third kappa shape index (κ3) is 3.64. The highest BCUT2D eigenvalue weighted by Crippen LogP contribution is 2.26. The molecule has 24 heavy (non-hydrogen) atoms. The Morgan fingerprint density at radius 3 is 2.88 bits per heavy atom. The van der Waals surface area contributed by atoms with E-state index in [0.717, 1.165) is 29.1 Å². The molecule has 0 atom stereocenters.